The van der Waals surface area contributed by atoms with Gasteiger partial charge in [-0.2, -0.15) is 0 Å². The second-order valence-electron chi connectivity index (χ2n) is 5.31. The Kier molecular flexibility index (Phi) is 15.9. The maximum absolute atomic E-state index is 11.4. The molecule has 2 N–H and O–H groups in total. The molecule has 0 aliphatic heterocycles. The van der Waals surface area contributed by atoms with E-state index in [9.17, 15) is 4.79 Å². The zero-order valence-electron chi connectivity index (χ0n) is 12.8. The Morgan fingerprint density at radius 3 is 1.65 bits per heavy atom. The van der Waals surface area contributed by atoms with Gasteiger partial charge in [0.2, 0.25) is 0 Å². The topological polar surface area (TPSA) is 66.8 Å². The van der Waals surface area contributed by atoms with E-state index >= 15 is 0 Å². The lowest BCUT2D eigenvalue weighted by Crippen LogP contribution is -2.05. The molecule has 20 heavy (non-hydrogen) atoms. The molecule has 0 rings (SSSR count). The average molecular weight is 288 g/mol. The van der Waals surface area contributed by atoms with Gasteiger partial charge in [-0.15, -0.1) is 0 Å². The Bertz CT molecular complexity index is 207. The van der Waals surface area contributed by atoms with Crippen LogP contribution in [0.25, 0.3) is 0 Å². The largest absolute Gasteiger partial charge is 0.466 e. The molecular weight excluding hydrogens is 256 g/mol. The van der Waals surface area contributed by atoms with Gasteiger partial charge in [0.1, 0.15) is 0 Å². The molecule has 0 heterocycles. The summed E-state index contributed by atoms with van der Waals surface area (Å²) in [5, 5.41) is 17.3. The number of carbonyl (C=O) groups excluding carboxylic acids is 1. The molecule has 0 bridgehead atoms. The van der Waals surface area contributed by atoms with E-state index in [1.54, 1.807) is 0 Å². The minimum absolute atomic E-state index is 0.0862. The van der Waals surface area contributed by atoms with Crippen LogP contribution in [0, 0.1) is 0 Å². The molecular formula is C16H32O4. The van der Waals surface area contributed by atoms with Gasteiger partial charge < -0.3 is 14.9 Å². The third-order valence-corrected chi connectivity index (χ3v) is 3.35. The van der Waals surface area contributed by atoms with Crippen LogP contribution in [0.1, 0.15) is 77.0 Å². The second kappa shape index (κ2) is 16.4. The first-order valence-corrected chi connectivity index (χ1v) is 8.18. The maximum atomic E-state index is 11.4. The van der Waals surface area contributed by atoms with Crippen molar-refractivity contribution < 1.29 is 19.7 Å². The number of hydrogen-bond donors (Lipinski definition) is 2. The molecule has 0 aromatic carbocycles. The van der Waals surface area contributed by atoms with Crippen molar-refractivity contribution >= 4 is 5.97 Å². The van der Waals surface area contributed by atoms with Crippen LogP contribution in [0.5, 0.6) is 0 Å². The van der Waals surface area contributed by atoms with Gasteiger partial charge in [-0.1, -0.05) is 44.9 Å². The molecule has 0 amide bonds. The van der Waals surface area contributed by atoms with Crippen LogP contribution < -0.4 is 0 Å². The van der Waals surface area contributed by atoms with E-state index in [1.165, 1.54) is 19.3 Å². The summed E-state index contributed by atoms with van der Waals surface area (Å²) in [6.45, 7) is 1.09. The number of aliphatic hydroxyl groups excluding tert-OH is 2. The van der Waals surface area contributed by atoms with Crippen LogP contribution in [0.4, 0.5) is 0 Å². The van der Waals surface area contributed by atoms with E-state index in [1.807, 2.05) is 0 Å². The van der Waals surface area contributed by atoms with Gasteiger partial charge >= 0.3 is 5.97 Å². The number of aliphatic hydroxyl groups is 2. The SMILES string of the molecule is O=C(CCCCCCO)OCCCCCCCCCO. The molecule has 0 aromatic heterocycles. The van der Waals surface area contributed by atoms with E-state index in [0.717, 1.165) is 51.4 Å². The maximum Gasteiger partial charge on any atom is 0.305 e. The van der Waals surface area contributed by atoms with Crippen molar-refractivity contribution in [1.29, 1.82) is 0 Å². The highest BCUT2D eigenvalue weighted by molar-refractivity contribution is 5.69. The summed E-state index contributed by atoms with van der Waals surface area (Å²) >= 11 is 0. The van der Waals surface area contributed by atoms with Gasteiger partial charge in [0, 0.05) is 19.6 Å². The Labute approximate surface area is 123 Å². The fourth-order valence-electron chi connectivity index (χ4n) is 2.09. The van der Waals surface area contributed by atoms with Crippen LogP contribution in [0.3, 0.4) is 0 Å². The average Bonchev–Trinajstić information content (AvgIpc) is 2.45. The standard InChI is InChI=1S/C16H32O4/c17-13-9-5-2-1-3-7-11-15-20-16(19)12-8-4-6-10-14-18/h17-18H,1-15H2. The number of hydrogen-bond acceptors (Lipinski definition) is 4. The number of rotatable bonds is 15. The third-order valence-electron chi connectivity index (χ3n) is 3.35. The highest BCUT2D eigenvalue weighted by atomic mass is 16.5. The van der Waals surface area contributed by atoms with Gasteiger partial charge in [0.25, 0.3) is 0 Å². The summed E-state index contributed by atoms with van der Waals surface area (Å²) < 4.78 is 5.17. The molecule has 0 aromatic rings. The van der Waals surface area contributed by atoms with Crippen molar-refractivity contribution in [2.75, 3.05) is 19.8 Å². The van der Waals surface area contributed by atoms with E-state index in [0.29, 0.717) is 19.6 Å². The molecule has 0 fully saturated rings. The molecule has 0 aliphatic carbocycles. The van der Waals surface area contributed by atoms with Gasteiger partial charge in [-0.25, -0.2) is 0 Å². The van der Waals surface area contributed by atoms with Crippen LogP contribution in [0.15, 0.2) is 0 Å². The van der Waals surface area contributed by atoms with Crippen molar-refractivity contribution in [1.82, 2.24) is 0 Å². The van der Waals surface area contributed by atoms with Crippen LogP contribution in [0.2, 0.25) is 0 Å². The minimum atomic E-state index is -0.0862. The molecule has 0 aliphatic rings. The van der Waals surface area contributed by atoms with Crippen LogP contribution in [-0.4, -0.2) is 36.0 Å². The summed E-state index contributed by atoms with van der Waals surface area (Å²) in [4.78, 5) is 11.4. The fourth-order valence-corrected chi connectivity index (χ4v) is 2.09. The number of esters is 1. The predicted octanol–water partition coefficient (Wildman–Crippen LogP) is 3.20. The lowest BCUT2D eigenvalue weighted by atomic mass is 10.1. The van der Waals surface area contributed by atoms with E-state index < -0.39 is 0 Å². The molecule has 0 radical (unpaired) electrons. The summed E-state index contributed by atoms with van der Waals surface area (Å²) in [7, 11) is 0. The summed E-state index contributed by atoms with van der Waals surface area (Å²) in [6, 6.07) is 0. The van der Waals surface area contributed by atoms with Gasteiger partial charge in [-0.05, 0) is 25.7 Å². The smallest absolute Gasteiger partial charge is 0.305 e. The zero-order chi connectivity index (χ0) is 14.9. The van der Waals surface area contributed by atoms with E-state index in [2.05, 4.69) is 0 Å². The fraction of sp³-hybridized carbons (Fsp3) is 0.938. The highest BCUT2D eigenvalue weighted by Gasteiger charge is 2.02. The third kappa shape index (κ3) is 15.4. The van der Waals surface area contributed by atoms with Crippen LogP contribution in [-0.2, 0) is 9.53 Å². The van der Waals surface area contributed by atoms with E-state index in [4.69, 9.17) is 14.9 Å². The summed E-state index contributed by atoms with van der Waals surface area (Å²) in [6.07, 6.45) is 11.8. The van der Waals surface area contributed by atoms with Crippen molar-refractivity contribution in [3.05, 3.63) is 0 Å². The molecule has 0 spiro atoms. The van der Waals surface area contributed by atoms with Gasteiger partial charge in [0.15, 0.2) is 0 Å². The Hall–Kier alpha value is -0.610. The second-order valence-corrected chi connectivity index (χ2v) is 5.31. The first-order chi connectivity index (χ1) is 9.81. The number of ether oxygens (including phenoxy) is 1. The quantitative estimate of drug-likeness (QED) is 0.359. The van der Waals surface area contributed by atoms with Gasteiger partial charge in [0.05, 0.1) is 6.61 Å². The molecule has 0 unspecified atom stereocenters. The van der Waals surface area contributed by atoms with E-state index in [-0.39, 0.29) is 12.6 Å². The lowest BCUT2D eigenvalue weighted by molar-refractivity contribution is -0.143. The predicted molar refractivity (Wildman–Crippen MR) is 80.5 cm³/mol. The van der Waals surface area contributed by atoms with Crippen LogP contribution >= 0.6 is 0 Å². The summed E-state index contributed by atoms with van der Waals surface area (Å²) in [5.74, 6) is -0.0862. The Morgan fingerprint density at radius 2 is 1.10 bits per heavy atom. The minimum Gasteiger partial charge on any atom is -0.466 e. The molecule has 0 saturated heterocycles. The molecule has 4 heteroatoms. The Balaban J connectivity index is 3.11. The normalized spacial score (nSPS) is 10.7. The monoisotopic (exact) mass is 288 g/mol. The zero-order valence-corrected chi connectivity index (χ0v) is 12.8. The highest BCUT2D eigenvalue weighted by Crippen LogP contribution is 2.08. The molecule has 120 valence electrons. The van der Waals surface area contributed by atoms with Crippen molar-refractivity contribution in [3.8, 4) is 0 Å². The Morgan fingerprint density at radius 1 is 0.650 bits per heavy atom. The molecule has 0 saturated carbocycles. The number of carbonyl (C=O) groups is 1. The summed E-state index contributed by atoms with van der Waals surface area (Å²) in [5.41, 5.74) is 0. The lowest BCUT2D eigenvalue weighted by Gasteiger charge is -2.05. The van der Waals surface area contributed by atoms with Gasteiger partial charge in [-0.3, -0.25) is 4.79 Å². The number of unbranched alkanes of at least 4 members (excludes halogenated alkanes) is 9. The van der Waals surface area contributed by atoms with Crippen molar-refractivity contribution in [2.45, 2.75) is 77.0 Å². The molecule has 4 nitrogen and oxygen atoms in total. The first kappa shape index (κ1) is 19.4. The van der Waals surface area contributed by atoms with Crippen molar-refractivity contribution in [3.63, 3.8) is 0 Å². The molecule has 0 atom stereocenters. The first-order valence-electron chi connectivity index (χ1n) is 8.18. The van der Waals surface area contributed by atoms with Crippen molar-refractivity contribution in [2.24, 2.45) is 0 Å².